The van der Waals surface area contributed by atoms with Crippen molar-refractivity contribution in [3.05, 3.63) is 59.9 Å². The Kier molecular flexibility index (Phi) is 8.60. The molecule has 0 aliphatic heterocycles. The molecule has 0 unspecified atom stereocenters. The first-order chi connectivity index (χ1) is 13.9. The van der Waals surface area contributed by atoms with Crippen LogP contribution in [0.4, 0.5) is 4.39 Å². The van der Waals surface area contributed by atoms with Gasteiger partial charge in [-0.25, -0.2) is 4.39 Å². The van der Waals surface area contributed by atoms with Gasteiger partial charge in [-0.15, -0.1) is 0 Å². The highest BCUT2D eigenvalue weighted by molar-refractivity contribution is 7.87. The van der Waals surface area contributed by atoms with Crippen LogP contribution in [-0.2, 0) is 26.2 Å². The standard InChI is InChI=1S/C21H26FNO5S/c1-3-4-8-21(24)23(13-14-27-2)16-17-6-5-7-19(15-17)28-29(25,26)20-11-9-18(22)10-12-20/h5-7,9-12,15H,3-4,8,13-14,16H2,1-2H3. The van der Waals surface area contributed by atoms with E-state index in [0.717, 1.165) is 42.7 Å². The molecule has 0 radical (unpaired) electrons. The van der Waals surface area contributed by atoms with Gasteiger partial charge in [0.2, 0.25) is 5.91 Å². The fraction of sp³-hybridized carbons (Fsp3) is 0.381. The summed E-state index contributed by atoms with van der Waals surface area (Å²) in [7, 11) is -2.51. The predicted molar refractivity (Wildman–Crippen MR) is 107 cm³/mol. The maximum absolute atomic E-state index is 13.0. The van der Waals surface area contributed by atoms with Crippen molar-refractivity contribution in [1.29, 1.82) is 0 Å². The van der Waals surface area contributed by atoms with Crippen LogP contribution in [0.15, 0.2) is 53.4 Å². The van der Waals surface area contributed by atoms with E-state index in [1.807, 2.05) is 6.92 Å². The van der Waals surface area contributed by atoms with E-state index >= 15 is 0 Å². The highest BCUT2D eigenvalue weighted by Gasteiger charge is 2.18. The van der Waals surface area contributed by atoms with Crippen LogP contribution in [0.2, 0.25) is 0 Å². The lowest BCUT2D eigenvalue weighted by Crippen LogP contribution is -2.33. The quantitative estimate of drug-likeness (QED) is 0.515. The van der Waals surface area contributed by atoms with Crippen LogP contribution in [0, 0.1) is 5.82 Å². The molecule has 29 heavy (non-hydrogen) atoms. The summed E-state index contributed by atoms with van der Waals surface area (Å²) < 4.78 is 48.1. The summed E-state index contributed by atoms with van der Waals surface area (Å²) in [6.45, 7) is 3.19. The van der Waals surface area contributed by atoms with Crippen molar-refractivity contribution in [3.63, 3.8) is 0 Å². The summed E-state index contributed by atoms with van der Waals surface area (Å²) in [6.07, 6.45) is 2.19. The Morgan fingerprint density at radius 3 is 2.52 bits per heavy atom. The molecule has 0 aliphatic rings. The number of unbranched alkanes of at least 4 members (excludes halogenated alkanes) is 1. The van der Waals surface area contributed by atoms with Gasteiger partial charge in [-0.1, -0.05) is 25.5 Å². The Morgan fingerprint density at radius 1 is 1.14 bits per heavy atom. The maximum Gasteiger partial charge on any atom is 0.339 e. The molecule has 0 aliphatic carbocycles. The molecule has 8 heteroatoms. The number of halogens is 1. The van der Waals surface area contributed by atoms with Gasteiger partial charge in [0.1, 0.15) is 16.5 Å². The van der Waals surface area contributed by atoms with Gasteiger partial charge in [-0.05, 0) is 48.4 Å². The number of methoxy groups -OCH3 is 1. The molecule has 2 aromatic carbocycles. The number of hydrogen-bond donors (Lipinski definition) is 0. The lowest BCUT2D eigenvalue weighted by atomic mass is 10.1. The molecule has 0 saturated carbocycles. The fourth-order valence-electron chi connectivity index (χ4n) is 2.67. The molecule has 0 aromatic heterocycles. The number of carbonyl (C=O) groups excluding carboxylic acids is 1. The van der Waals surface area contributed by atoms with Crippen molar-refractivity contribution in [2.75, 3.05) is 20.3 Å². The highest BCUT2D eigenvalue weighted by atomic mass is 32.2. The van der Waals surface area contributed by atoms with E-state index in [0.29, 0.717) is 26.1 Å². The molecule has 0 saturated heterocycles. The topological polar surface area (TPSA) is 72.9 Å². The van der Waals surface area contributed by atoms with E-state index in [9.17, 15) is 17.6 Å². The van der Waals surface area contributed by atoms with Crippen molar-refractivity contribution in [3.8, 4) is 5.75 Å². The first-order valence-electron chi connectivity index (χ1n) is 9.41. The number of benzene rings is 2. The number of ether oxygens (including phenoxy) is 1. The molecule has 0 fully saturated rings. The second kappa shape index (κ2) is 10.9. The van der Waals surface area contributed by atoms with Gasteiger partial charge in [0, 0.05) is 26.6 Å². The average Bonchev–Trinajstić information content (AvgIpc) is 2.69. The Bertz CT molecular complexity index is 900. The van der Waals surface area contributed by atoms with Crippen LogP contribution in [0.3, 0.4) is 0 Å². The van der Waals surface area contributed by atoms with Crippen molar-refractivity contribution in [2.24, 2.45) is 0 Å². The zero-order valence-electron chi connectivity index (χ0n) is 16.6. The Labute approximate surface area is 171 Å². The molecule has 0 spiro atoms. The van der Waals surface area contributed by atoms with Crippen LogP contribution in [0.25, 0.3) is 0 Å². The van der Waals surface area contributed by atoms with Crippen LogP contribution >= 0.6 is 0 Å². The third-order valence-corrected chi connectivity index (χ3v) is 5.50. The average molecular weight is 424 g/mol. The zero-order valence-corrected chi connectivity index (χ0v) is 17.5. The van der Waals surface area contributed by atoms with Gasteiger partial charge < -0.3 is 13.8 Å². The van der Waals surface area contributed by atoms with E-state index < -0.39 is 15.9 Å². The third kappa shape index (κ3) is 7.14. The minimum absolute atomic E-state index is 0.0224. The molecule has 1 amide bonds. The van der Waals surface area contributed by atoms with Gasteiger partial charge in [0.05, 0.1) is 6.61 Å². The fourth-order valence-corrected chi connectivity index (χ4v) is 3.59. The van der Waals surface area contributed by atoms with Crippen molar-refractivity contribution in [1.82, 2.24) is 4.90 Å². The van der Waals surface area contributed by atoms with E-state index in [1.54, 1.807) is 30.2 Å². The lowest BCUT2D eigenvalue weighted by molar-refractivity contribution is -0.132. The summed E-state index contributed by atoms with van der Waals surface area (Å²) in [6, 6.07) is 11.0. The van der Waals surface area contributed by atoms with Crippen molar-refractivity contribution >= 4 is 16.0 Å². The Morgan fingerprint density at radius 2 is 1.86 bits per heavy atom. The molecule has 2 aromatic rings. The van der Waals surface area contributed by atoms with Crippen LogP contribution in [0.5, 0.6) is 5.75 Å². The second-order valence-corrected chi connectivity index (χ2v) is 8.10. The van der Waals surface area contributed by atoms with Crippen molar-refractivity contribution in [2.45, 2.75) is 37.6 Å². The molecule has 0 bridgehead atoms. The normalized spacial score (nSPS) is 11.3. The summed E-state index contributed by atoms with van der Waals surface area (Å²) in [4.78, 5) is 14.0. The Hall–Kier alpha value is -2.45. The SMILES string of the molecule is CCCCC(=O)N(CCOC)Cc1cccc(OS(=O)(=O)c2ccc(F)cc2)c1. The van der Waals surface area contributed by atoms with E-state index in [4.69, 9.17) is 8.92 Å². The van der Waals surface area contributed by atoms with Crippen LogP contribution < -0.4 is 4.18 Å². The summed E-state index contributed by atoms with van der Waals surface area (Å²) >= 11 is 0. The minimum Gasteiger partial charge on any atom is -0.383 e. The lowest BCUT2D eigenvalue weighted by Gasteiger charge is -2.23. The first-order valence-corrected chi connectivity index (χ1v) is 10.8. The molecule has 6 nitrogen and oxygen atoms in total. The van der Waals surface area contributed by atoms with E-state index in [1.165, 1.54) is 6.07 Å². The monoisotopic (exact) mass is 423 g/mol. The molecule has 0 N–H and O–H groups in total. The molecular weight excluding hydrogens is 397 g/mol. The van der Waals surface area contributed by atoms with Gasteiger partial charge in [0.25, 0.3) is 0 Å². The number of hydrogen-bond acceptors (Lipinski definition) is 5. The molecule has 0 atom stereocenters. The molecule has 158 valence electrons. The van der Waals surface area contributed by atoms with Gasteiger partial charge >= 0.3 is 10.1 Å². The summed E-state index contributed by atoms with van der Waals surface area (Å²) in [5.41, 5.74) is 0.734. The predicted octanol–water partition coefficient (Wildman–Crippen LogP) is 3.76. The summed E-state index contributed by atoms with van der Waals surface area (Å²) in [5.74, 6) is -0.386. The zero-order chi connectivity index (χ0) is 21.3. The van der Waals surface area contributed by atoms with E-state index in [-0.39, 0.29) is 16.6 Å². The molecular formula is C21H26FNO5S. The third-order valence-electron chi connectivity index (χ3n) is 4.24. The van der Waals surface area contributed by atoms with Gasteiger partial charge in [-0.2, -0.15) is 8.42 Å². The van der Waals surface area contributed by atoms with Gasteiger partial charge in [-0.3, -0.25) is 4.79 Å². The first kappa shape index (κ1) is 22.8. The van der Waals surface area contributed by atoms with E-state index in [2.05, 4.69) is 0 Å². The van der Waals surface area contributed by atoms with Crippen molar-refractivity contribution < 1.29 is 26.5 Å². The largest absolute Gasteiger partial charge is 0.383 e. The number of amides is 1. The second-order valence-electron chi connectivity index (χ2n) is 6.55. The molecule has 2 rings (SSSR count). The number of rotatable bonds is 11. The Balaban J connectivity index is 2.14. The number of carbonyl (C=O) groups is 1. The molecule has 0 heterocycles. The maximum atomic E-state index is 13.0. The minimum atomic E-state index is -4.09. The van der Waals surface area contributed by atoms with Gasteiger partial charge in [0.15, 0.2) is 0 Å². The van der Waals surface area contributed by atoms with Crippen LogP contribution in [-0.4, -0.2) is 39.5 Å². The smallest absolute Gasteiger partial charge is 0.339 e. The highest BCUT2D eigenvalue weighted by Crippen LogP contribution is 2.21. The van der Waals surface area contributed by atoms with Crippen LogP contribution in [0.1, 0.15) is 31.7 Å². The summed E-state index contributed by atoms with van der Waals surface area (Å²) in [5, 5.41) is 0. The number of nitrogens with zero attached hydrogens (tertiary/aromatic N) is 1.